The van der Waals surface area contributed by atoms with E-state index >= 15 is 0 Å². The average molecular weight is 369 g/mol. The molecule has 0 unspecified atom stereocenters. The van der Waals surface area contributed by atoms with Gasteiger partial charge in [0.05, 0.1) is 11.4 Å². The van der Waals surface area contributed by atoms with Gasteiger partial charge in [-0.1, -0.05) is 65.8 Å². The van der Waals surface area contributed by atoms with Crippen molar-refractivity contribution in [2.45, 2.75) is 6.92 Å². The van der Waals surface area contributed by atoms with E-state index in [0.717, 1.165) is 16.9 Å². The third-order valence-electron chi connectivity index (χ3n) is 4.37. The van der Waals surface area contributed by atoms with Crippen LogP contribution in [0.2, 0.25) is 0 Å². The van der Waals surface area contributed by atoms with Crippen molar-refractivity contribution in [3.05, 3.63) is 96.3 Å². The molecule has 0 aliphatic heterocycles. The second-order valence-electron chi connectivity index (χ2n) is 6.32. The molecule has 4 aromatic rings. The van der Waals surface area contributed by atoms with E-state index < -0.39 is 0 Å². The van der Waals surface area contributed by atoms with Crippen LogP contribution in [0.25, 0.3) is 11.3 Å². The third-order valence-corrected chi connectivity index (χ3v) is 4.37. The van der Waals surface area contributed by atoms with Crippen molar-refractivity contribution in [2.75, 3.05) is 10.6 Å². The summed E-state index contributed by atoms with van der Waals surface area (Å²) in [6, 6.07) is 26.9. The lowest BCUT2D eigenvalue weighted by Crippen LogP contribution is -2.14. The summed E-state index contributed by atoms with van der Waals surface area (Å²) < 4.78 is 5.31. The summed E-state index contributed by atoms with van der Waals surface area (Å²) in [6.07, 6.45) is 0. The molecule has 3 aromatic carbocycles. The first-order valence-corrected chi connectivity index (χ1v) is 8.96. The first kappa shape index (κ1) is 17.5. The molecule has 0 fully saturated rings. The van der Waals surface area contributed by atoms with E-state index in [1.54, 1.807) is 6.92 Å². The molecule has 1 heterocycles. The summed E-state index contributed by atoms with van der Waals surface area (Å²) >= 11 is 0. The minimum absolute atomic E-state index is 0.264. The number of nitrogens with zero attached hydrogens (tertiary/aromatic N) is 1. The van der Waals surface area contributed by atoms with E-state index in [-0.39, 0.29) is 5.91 Å². The quantitative estimate of drug-likeness (QED) is 0.477. The van der Waals surface area contributed by atoms with Crippen LogP contribution in [-0.4, -0.2) is 11.1 Å². The Balaban J connectivity index is 1.63. The summed E-state index contributed by atoms with van der Waals surface area (Å²) in [6.45, 7) is 1.74. The number of amides is 1. The lowest BCUT2D eigenvalue weighted by Gasteiger charge is -2.13. The molecular formula is C23H19N3O2. The number of aryl methyl sites for hydroxylation is 1. The molecule has 138 valence electrons. The van der Waals surface area contributed by atoms with Crippen LogP contribution in [0.3, 0.4) is 0 Å². The number of nitrogens with one attached hydrogen (secondary N) is 2. The Labute approximate surface area is 163 Å². The Kier molecular flexibility index (Phi) is 4.89. The Bertz CT molecular complexity index is 1090. The fourth-order valence-electron chi connectivity index (χ4n) is 3.00. The minimum atomic E-state index is -0.264. The van der Waals surface area contributed by atoms with Crippen LogP contribution >= 0.6 is 0 Å². The number of anilines is 3. The fourth-order valence-corrected chi connectivity index (χ4v) is 3.00. The van der Waals surface area contributed by atoms with Crippen molar-refractivity contribution < 1.29 is 9.32 Å². The van der Waals surface area contributed by atoms with Crippen molar-refractivity contribution in [3.8, 4) is 11.3 Å². The smallest absolute Gasteiger partial charge is 0.261 e. The molecular weight excluding hydrogens is 350 g/mol. The molecule has 5 nitrogen and oxygen atoms in total. The Hall–Kier alpha value is -3.86. The van der Waals surface area contributed by atoms with Gasteiger partial charge < -0.3 is 15.2 Å². The maximum Gasteiger partial charge on any atom is 0.261 e. The highest BCUT2D eigenvalue weighted by atomic mass is 16.5. The van der Waals surface area contributed by atoms with Gasteiger partial charge in [-0.25, -0.2) is 0 Å². The number of carbonyl (C=O) groups excluding carboxylic acids is 1. The van der Waals surface area contributed by atoms with Gasteiger partial charge in [-0.3, -0.25) is 4.79 Å². The molecule has 1 amide bonds. The lowest BCUT2D eigenvalue weighted by atomic mass is 10.1. The van der Waals surface area contributed by atoms with Crippen LogP contribution in [0.4, 0.5) is 17.1 Å². The van der Waals surface area contributed by atoms with E-state index in [2.05, 4.69) is 15.8 Å². The zero-order valence-electron chi connectivity index (χ0n) is 15.3. The van der Waals surface area contributed by atoms with Crippen molar-refractivity contribution in [3.63, 3.8) is 0 Å². The maximum absolute atomic E-state index is 13.1. The van der Waals surface area contributed by atoms with E-state index in [1.807, 2.05) is 84.9 Å². The SMILES string of the molecule is Cc1onc(-c2ccccc2)c1C(=O)Nc1ccccc1Nc1ccccc1. The van der Waals surface area contributed by atoms with Gasteiger partial charge in [0, 0.05) is 11.3 Å². The monoisotopic (exact) mass is 369 g/mol. The first-order valence-electron chi connectivity index (χ1n) is 8.96. The molecule has 1 aromatic heterocycles. The fraction of sp³-hybridized carbons (Fsp3) is 0.0435. The summed E-state index contributed by atoms with van der Waals surface area (Å²) in [5.41, 5.74) is 4.22. The van der Waals surface area contributed by atoms with Gasteiger partial charge in [0.25, 0.3) is 5.91 Å². The molecule has 0 radical (unpaired) electrons. The number of rotatable bonds is 5. The molecule has 0 aliphatic rings. The number of benzene rings is 3. The van der Waals surface area contributed by atoms with E-state index in [4.69, 9.17) is 4.52 Å². The molecule has 0 bridgehead atoms. The van der Waals surface area contributed by atoms with Crippen molar-refractivity contribution in [1.29, 1.82) is 0 Å². The predicted molar refractivity (Wildman–Crippen MR) is 111 cm³/mol. The molecule has 2 N–H and O–H groups in total. The second kappa shape index (κ2) is 7.80. The highest BCUT2D eigenvalue weighted by Gasteiger charge is 2.22. The predicted octanol–water partition coefficient (Wildman–Crippen LogP) is 5.65. The summed E-state index contributed by atoms with van der Waals surface area (Å²) in [4.78, 5) is 13.1. The highest BCUT2D eigenvalue weighted by molar-refractivity contribution is 6.10. The topological polar surface area (TPSA) is 67.2 Å². The van der Waals surface area contributed by atoms with Crippen LogP contribution in [0.1, 0.15) is 16.1 Å². The van der Waals surface area contributed by atoms with E-state index in [9.17, 15) is 4.79 Å². The van der Waals surface area contributed by atoms with Crippen molar-refractivity contribution in [1.82, 2.24) is 5.16 Å². The van der Waals surface area contributed by atoms with Crippen molar-refractivity contribution >= 4 is 23.0 Å². The second-order valence-corrected chi connectivity index (χ2v) is 6.32. The number of hydrogen-bond donors (Lipinski definition) is 2. The molecule has 0 atom stereocenters. The van der Waals surface area contributed by atoms with Gasteiger partial charge >= 0.3 is 0 Å². The number of hydrogen-bond acceptors (Lipinski definition) is 4. The molecule has 0 aliphatic carbocycles. The van der Waals surface area contributed by atoms with Crippen LogP contribution in [0, 0.1) is 6.92 Å². The largest absolute Gasteiger partial charge is 0.360 e. The zero-order valence-corrected chi connectivity index (χ0v) is 15.3. The standard InChI is InChI=1S/C23H19N3O2/c1-16-21(22(26-28-16)17-10-4-2-5-11-17)23(27)25-20-15-9-8-14-19(20)24-18-12-6-3-7-13-18/h2-15,24H,1H3,(H,25,27). The van der Waals surface area contributed by atoms with E-state index in [0.29, 0.717) is 22.7 Å². The molecule has 0 spiro atoms. The van der Waals surface area contributed by atoms with Gasteiger partial charge in [-0.2, -0.15) is 0 Å². The highest BCUT2D eigenvalue weighted by Crippen LogP contribution is 2.29. The Morgan fingerprint density at radius 2 is 1.43 bits per heavy atom. The van der Waals surface area contributed by atoms with Crippen LogP contribution in [0.5, 0.6) is 0 Å². The number of aromatic nitrogens is 1. The maximum atomic E-state index is 13.1. The molecule has 0 saturated heterocycles. The zero-order chi connectivity index (χ0) is 19.3. The lowest BCUT2D eigenvalue weighted by molar-refractivity contribution is 0.102. The third kappa shape index (κ3) is 3.64. The average Bonchev–Trinajstić information content (AvgIpc) is 3.12. The van der Waals surface area contributed by atoms with Gasteiger partial charge in [-0.05, 0) is 31.2 Å². The van der Waals surface area contributed by atoms with Gasteiger partial charge in [0.15, 0.2) is 0 Å². The molecule has 4 rings (SSSR count). The Morgan fingerprint density at radius 3 is 2.14 bits per heavy atom. The first-order chi connectivity index (χ1) is 13.7. The summed E-state index contributed by atoms with van der Waals surface area (Å²) in [5, 5.41) is 10.4. The summed E-state index contributed by atoms with van der Waals surface area (Å²) in [7, 11) is 0. The molecule has 5 heteroatoms. The van der Waals surface area contributed by atoms with E-state index in [1.165, 1.54) is 0 Å². The normalized spacial score (nSPS) is 10.5. The molecule has 28 heavy (non-hydrogen) atoms. The van der Waals surface area contributed by atoms with Gasteiger partial charge in [0.2, 0.25) is 0 Å². The van der Waals surface area contributed by atoms with Crippen LogP contribution < -0.4 is 10.6 Å². The van der Waals surface area contributed by atoms with Crippen LogP contribution in [0.15, 0.2) is 89.5 Å². The number of para-hydroxylation sites is 3. The Morgan fingerprint density at radius 1 is 0.821 bits per heavy atom. The molecule has 0 saturated carbocycles. The van der Waals surface area contributed by atoms with Gasteiger partial charge in [0.1, 0.15) is 17.0 Å². The van der Waals surface area contributed by atoms with Crippen molar-refractivity contribution in [2.24, 2.45) is 0 Å². The minimum Gasteiger partial charge on any atom is -0.360 e. The summed E-state index contributed by atoms with van der Waals surface area (Å²) in [5.74, 6) is 0.213. The van der Waals surface area contributed by atoms with Crippen LogP contribution in [-0.2, 0) is 0 Å². The number of carbonyl (C=O) groups is 1. The van der Waals surface area contributed by atoms with Gasteiger partial charge in [-0.15, -0.1) is 0 Å².